The quantitative estimate of drug-likeness (QED) is 0.529. The molecule has 0 saturated carbocycles. The maximum atomic E-state index is 13.0. The van der Waals surface area contributed by atoms with Gasteiger partial charge in [0.1, 0.15) is 5.37 Å². The van der Waals surface area contributed by atoms with Crippen molar-refractivity contribution in [1.82, 2.24) is 0 Å². The third-order valence-electron chi connectivity index (χ3n) is 5.51. The predicted molar refractivity (Wildman–Crippen MR) is 128 cm³/mol. The zero-order valence-electron chi connectivity index (χ0n) is 17.7. The zero-order chi connectivity index (χ0) is 21.8. The van der Waals surface area contributed by atoms with Gasteiger partial charge in [0.25, 0.3) is 0 Å². The molecule has 3 aromatic carbocycles. The molecular formula is C26H26N2O2S. The highest BCUT2D eigenvalue weighted by Gasteiger charge is 2.34. The fourth-order valence-corrected chi connectivity index (χ4v) is 5.15. The van der Waals surface area contributed by atoms with Gasteiger partial charge < -0.3 is 5.32 Å². The normalized spacial score (nSPS) is 16.9. The maximum absolute atomic E-state index is 13.0. The molecule has 0 bridgehead atoms. The molecule has 0 spiro atoms. The van der Waals surface area contributed by atoms with E-state index in [1.807, 2.05) is 97.6 Å². The Morgan fingerprint density at radius 1 is 1.06 bits per heavy atom. The summed E-state index contributed by atoms with van der Waals surface area (Å²) in [5.74, 6) is 0.332. The minimum Gasteiger partial charge on any atom is -0.326 e. The lowest BCUT2D eigenvalue weighted by Gasteiger charge is -2.25. The zero-order valence-corrected chi connectivity index (χ0v) is 18.6. The van der Waals surface area contributed by atoms with Gasteiger partial charge in [-0.2, -0.15) is 0 Å². The first-order valence-electron chi connectivity index (χ1n) is 10.5. The Labute approximate surface area is 187 Å². The van der Waals surface area contributed by atoms with Crippen molar-refractivity contribution < 1.29 is 9.59 Å². The van der Waals surface area contributed by atoms with E-state index >= 15 is 0 Å². The van der Waals surface area contributed by atoms with Crippen molar-refractivity contribution in [3.8, 4) is 0 Å². The number of hydrogen-bond acceptors (Lipinski definition) is 3. The van der Waals surface area contributed by atoms with Gasteiger partial charge in [-0.1, -0.05) is 61.5 Å². The van der Waals surface area contributed by atoms with Crippen LogP contribution in [0.15, 0.2) is 78.9 Å². The fraction of sp³-hybridized carbons (Fsp3) is 0.231. The van der Waals surface area contributed by atoms with Crippen molar-refractivity contribution in [2.45, 2.75) is 31.6 Å². The lowest BCUT2D eigenvalue weighted by molar-refractivity contribution is -0.118. The third-order valence-corrected chi connectivity index (χ3v) is 6.73. The van der Waals surface area contributed by atoms with Crippen molar-refractivity contribution in [1.29, 1.82) is 0 Å². The van der Waals surface area contributed by atoms with E-state index in [1.54, 1.807) is 11.8 Å². The number of anilines is 2. The first-order chi connectivity index (χ1) is 15.1. The molecule has 1 aliphatic rings. The first-order valence-corrected chi connectivity index (χ1v) is 11.6. The summed E-state index contributed by atoms with van der Waals surface area (Å²) >= 11 is 1.61. The van der Waals surface area contributed by atoms with Crippen molar-refractivity contribution in [3.05, 3.63) is 95.6 Å². The van der Waals surface area contributed by atoms with E-state index in [-0.39, 0.29) is 23.1 Å². The average Bonchev–Trinajstić information content (AvgIpc) is 3.16. The second-order valence-corrected chi connectivity index (χ2v) is 8.82. The summed E-state index contributed by atoms with van der Waals surface area (Å²) in [7, 11) is 0. The molecule has 4 rings (SSSR count). The highest BCUT2D eigenvalue weighted by atomic mass is 32.2. The third kappa shape index (κ3) is 4.67. The van der Waals surface area contributed by atoms with Gasteiger partial charge in [0.05, 0.1) is 11.7 Å². The highest BCUT2D eigenvalue weighted by molar-refractivity contribution is 8.00. The molecule has 1 fully saturated rings. The van der Waals surface area contributed by atoms with Crippen LogP contribution in [0.2, 0.25) is 0 Å². The van der Waals surface area contributed by atoms with E-state index in [4.69, 9.17) is 0 Å². The standard InChI is InChI=1S/C26H26N2O2S/c1-3-23(19-10-5-4-6-11-19)25(30)27-21-13-8-12-20(16-21)26-28(24(29)17-31-26)22-14-7-9-18(2)15-22/h4-16,23,26H,3,17H2,1-2H3,(H,27,30). The van der Waals surface area contributed by atoms with Gasteiger partial charge in [-0.3, -0.25) is 14.5 Å². The van der Waals surface area contributed by atoms with Crippen LogP contribution >= 0.6 is 11.8 Å². The first kappa shape index (κ1) is 21.2. The van der Waals surface area contributed by atoms with Gasteiger partial charge in [0.2, 0.25) is 11.8 Å². The van der Waals surface area contributed by atoms with E-state index in [0.717, 1.165) is 34.5 Å². The monoisotopic (exact) mass is 430 g/mol. The molecule has 0 radical (unpaired) electrons. The Bertz CT molecular complexity index is 1080. The number of carbonyl (C=O) groups is 2. The van der Waals surface area contributed by atoms with Gasteiger partial charge in [-0.25, -0.2) is 0 Å². The molecule has 1 heterocycles. The molecule has 2 atom stereocenters. The van der Waals surface area contributed by atoms with Gasteiger partial charge >= 0.3 is 0 Å². The van der Waals surface area contributed by atoms with Gasteiger partial charge in [0, 0.05) is 11.4 Å². The Kier molecular flexibility index (Phi) is 6.42. The Morgan fingerprint density at radius 2 is 1.84 bits per heavy atom. The van der Waals surface area contributed by atoms with Crippen LogP contribution in [0.5, 0.6) is 0 Å². The van der Waals surface area contributed by atoms with Crippen molar-refractivity contribution >= 4 is 35.0 Å². The van der Waals surface area contributed by atoms with Gasteiger partial charge in [0.15, 0.2) is 0 Å². The molecule has 0 aliphatic carbocycles. The number of nitrogens with one attached hydrogen (secondary N) is 1. The van der Waals surface area contributed by atoms with E-state index < -0.39 is 0 Å². The lowest BCUT2D eigenvalue weighted by atomic mass is 9.95. The van der Waals surface area contributed by atoms with Crippen molar-refractivity contribution in [3.63, 3.8) is 0 Å². The lowest BCUT2D eigenvalue weighted by Crippen LogP contribution is -2.28. The second kappa shape index (κ2) is 9.40. The minimum atomic E-state index is -0.198. The molecule has 3 aromatic rings. The van der Waals surface area contributed by atoms with E-state index in [2.05, 4.69) is 5.32 Å². The van der Waals surface area contributed by atoms with Gasteiger partial charge in [-0.05, 0) is 54.3 Å². The second-order valence-electron chi connectivity index (χ2n) is 7.75. The SMILES string of the molecule is CCC(C(=O)Nc1cccc(C2SCC(=O)N2c2cccc(C)c2)c1)c1ccccc1. The summed E-state index contributed by atoms with van der Waals surface area (Å²) in [6, 6.07) is 25.7. The molecule has 2 amide bonds. The minimum absolute atomic E-state index is 0.0171. The molecule has 1 N–H and O–H groups in total. The molecular weight excluding hydrogens is 404 g/mol. The van der Waals surface area contributed by atoms with Crippen molar-refractivity contribution in [2.24, 2.45) is 0 Å². The molecule has 2 unspecified atom stereocenters. The van der Waals surface area contributed by atoms with Crippen LogP contribution in [0.4, 0.5) is 11.4 Å². The number of aryl methyl sites for hydroxylation is 1. The average molecular weight is 431 g/mol. The van der Waals surface area contributed by atoms with E-state index in [9.17, 15) is 9.59 Å². The molecule has 1 aliphatic heterocycles. The smallest absolute Gasteiger partial charge is 0.238 e. The number of rotatable bonds is 6. The summed E-state index contributed by atoms with van der Waals surface area (Å²) in [5, 5.41) is 2.97. The summed E-state index contributed by atoms with van der Waals surface area (Å²) in [6.07, 6.45) is 0.726. The van der Waals surface area contributed by atoms with E-state index in [0.29, 0.717) is 5.75 Å². The van der Waals surface area contributed by atoms with Crippen LogP contribution in [0.3, 0.4) is 0 Å². The van der Waals surface area contributed by atoms with Crippen LogP contribution < -0.4 is 10.2 Å². The number of amides is 2. The molecule has 158 valence electrons. The van der Waals surface area contributed by atoms with Crippen molar-refractivity contribution in [2.75, 3.05) is 16.0 Å². The van der Waals surface area contributed by atoms with Crippen LogP contribution in [0.25, 0.3) is 0 Å². The number of hydrogen-bond donors (Lipinski definition) is 1. The summed E-state index contributed by atoms with van der Waals surface area (Å²) in [6.45, 7) is 4.05. The van der Waals surface area contributed by atoms with Crippen LogP contribution in [0, 0.1) is 6.92 Å². The largest absolute Gasteiger partial charge is 0.326 e. The number of carbonyl (C=O) groups excluding carboxylic acids is 2. The molecule has 5 heteroatoms. The predicted octanol–water partition coefficient (Wildman–Crippen LogP) is 5.91. The summed E-state index contributed by atoms with van der Waals surface area (Å²) in [4.78, 5) is 27.5. The highest BCUT2D eigenvalue weighted by Crippen LogP contribution is 2.42. The Morgan fingerprint density at radius 3 is 2.58 bits per heavy atom. The number of thioether (sulfide) groups is 1. The summed E-state index contributed by atoms with van der Waals surface area (Å²) < 4.78 is 0. The van der Waals surface area contributed by atoms with Crippen LogP contribution in [-0.4, -0.2) is 17.6 Å². The molecule has 0 aromatic heterocycles. The summed E-state index contributed by atoms with van der Waals surface area (Å²) in [5.41, 5.74) is 4.79. The maximum Gasteiger partial charge on any atom is 0.238 e. The fourth-order valence-electron chi connectivity index (χ4n) is 3.98. The molecule has 31 heavy (non-hydrogen) atoms. The molecule has 1 saturated heterocycles. The van der Waals surface area contributed by atoms with Gasteiger partial charge in [-0.15, -0.1) is 11.8 Å². The van der Waals surface area contributed by atoms with Crippen LogP contribution in [0.1, 0.15) is 41.3 Å². The Balaban J connectivity index is 1.56. The molecule has 4 nitrogen and oxygen atoms in total. The number of nitrogens with zero attached hydrogens (tertiary/aromatic N) is 1. The Hall–Kier alpha value is -3.05. The van der Waals surface area contributed by atoms with Crippen LogP contribution in [-0.2, 0) is 9.59 Å². The van der Waals surface area contributed by atoms with E-state index in [1.165, 1.54) is 0 Å². The topological polar surface area (TPSA) is 49.4 Å². The number of benzene rings is 3.